The van der Waals surface area contributed by atoms with E-state index in [2.05, 4.69) is 108 Å². The lowest BCUT2D eigenvalue weighted by Crippen LogP contribution is -2.29. The van der Waals surface area contributed by atoms with Crippen LogP contribution in [0.25, 0.3) is 32.7 Å². The summed E-state index contributed by atoms with van der Waals surface area (Å²) in [5, 5.41) is 5.36. The summed E-state index contributed by atoms with van der Waals surface area (Å²) in [7, 11) is 0. The molecular formula is C40H44O. The van der Waals surface area contributed by atoms with Crippen molar-refractivity contribution in [3.8, 4) is 22.6 Å². The Balaban J connectivity index is 1.63. The van der Waals surface area contributed by atoms with Gasteiger partial charge in [-0.05, 0) is 107 Å². The van der Waals surface area contributed by atoms with E-state index in [-0.39, 0.29) is 5.41 Å². The third-order valence-corrected chi connectivity index (χ3v) is 10.5. The monoisotopic (exact) mass is 540 g/mol. The number of benzene rings is 4. The van der Waals surface area contributed by atoms with Gasteiger partial charge in [-0.15, -0.1) is 0 Å². The molecule has 0 bridgehead atoms. The predicted octanol–water partition coefficient (Wildman–Crippen LogP) is 11.7. The number of fused-ring (bicyclic) bond motifs is 4. The maximum atomic E-state index is 6.86. The molecule has 0 radical (unpaired) electrons. The van der Waals surface area contributed by atoms with Crippen LogP contribution in [0.3, 0.4) is 0 Å². The zero-order chi connectivity index (χ0) is 28.5. The SMILES string of the molecule is CCC(CC)C1=CC2(CC(C(CC)CC)=C1)c1ccc3cccc4c3c1-c1c(cc3c(CC(C)C)cccc3c12)O4. The molecule has 2 aliphatic carbocycles. The van der Waals surface area contributed by atoms with Crippen molar-refractivity contribution < 1.29 is 4.74 Å². The molecule has 3 aliphatic rings. The summed E-state index contributed by atoms with van der Waals surface area (Å²) in [5.41, 5.74) is 10.2. The van der Waals surface area contributed by atoms with Gasteiger partial charge in [-0.2, -0.15) is 0 Å². The van der Waals surface area contributed by atoms with E-state index in [0.29, 0.717) is 17.8 Å². The van der Waals surface area contributed by atoms with Gasteiger partial charge in [-0.25, -0.2) is 0 Å². The Morgan fingerprint density at radius 1 is 0.780 bits per heavy atom. The lowest BCUT2D eigenvalue weighted by Gasteiger charge is -2.38. The van der Waals surface area contributed by atoms with Gasteiger partial charge in [0.15, 0.2) is 0 Å². The van der Waals surface area contributed by atoms with Crippen LogP contribution in [0, 0.1) is 17.8 Å². The molecule has 0 N–H and O–H groups in total. The van der Waals surface area contributed by atoms with Crippen LogP contribution in [0.1, 0.15) is 90.3 Å². The van der Waals surface area contributed by atoms with E-state index in [9.17, 15) is 0 Å². The van der Waals surface area contributed by atoms with Crippen molar-refractivity contribution in [2.75, 3.05) is 0 Å². The molecule has 0 saturated heterocycles. The van der Waals surface area contributed by atoms with Gasteiger partial charge >= 0.3 is 0 Å². The smallest absolute Gasteiger partial charge is 0.136 e. The fraction of sp³-hybridized carbons (Fsp3) is 0.400. The first-order chi connectivity index (χ1) is 19.9. The summed E-state index contributed by atoms with van der Waals surface area (Å²) in [6.07, 6.45) is 12.2. The molecule has 41 heavy (non-hydrogen) atoms. The van der Waals surface area contributed by atoms with Gasteiger partial charge < -0.3 is 4.74 Å². The minimum absolute atomic E-state index is 0.186. The summed E-state index contributed by atoms with van der Waals surface area (Å²) in [6.45, 7) is 14.1. The maximum Gasteiger partial charge on any atom is 0.136 e. The molecule has 0 saturated carbocycles. The van der Waals surface area contributed by atoms with E-state index in [1.807, 2.05) is 0 Å². The lowest BCUT2D eigenvalue weighted by atomic mass is 9.64. The van der Waals surface area contributed by atoms with E-state index in [1.165, 1.54) is 75.0 Å². The predicted molar refractivity (Wildman–Crippen MR) is 175 cm³/mol. The first-order valence-electron chi connectivity index (χ1n) is 16.2. The molecular weight excluding hydrogens is 496 g/mol. The van der Waals surface area contributed by atoms with Crippen molar-refractivity contribution in [1.29, 1.82) is 0 Å². The third kappa shape index (κ3) is 3.80. The Kier molecular flexibility index (Phi) is 6.42. The van der Waals surface area contributed by atoms with Gasteiger partial charge in [0.1, 0.15) is 11.5 Å². The van der Waals surface area contributed by atoms with Gasteiger partial charge in [0.2, 0.25) is 0 Å². The molecule has 0 fully saturated rings. The van der Waals surface area contributed by atoms with Crippen molar-refractivity contribution in [1.82, 2.24) is 0 Å². The molecule has 7 rings (SSSR count). The Morgan fingerprint density at radius 3 is 2.27 bits per heavy atom. The molecule has 1 atom stereocenters. The fourth-order valence-electron chi connectivity index (χ4n) is 8.56. The maximum absolute atomic E-state index is 6.86. The first kappa shape index (κ1) is 26.6. The van der Waals surface area contributed by atoms with E-state index >= 15 is 0 Å². The first-order valence-corrected chi connectivity index (χ1v) is 16.2. The second kappa shape index (κ2) is 9.90. The van der Waals surface area contributed by atoms with Crippen LogP contribution in [0.15, 0.2) is 77.9 Å². The summed E-state index contributed by atoms with van der Waals surface area (Å²) < 4.78 is 6.86. The zero-order valence-corrected chi connectivity index (χ0v) is 25.7. The third-order valence-electron chi connectivity index (χ3n) is 10.5. The molecule has 1 heteroatoms. The Hall–Kier alpha value is -3.32. The number of hydrogen-bond donors (Lipinski definition) is 0. The van der Waals surface area contributed by atoms with Crippen LogP contribution < -0.4 is 4.74 Å². The summed E-state index contributed by atoms with van der Waals surface area (Å²) >= 11 is 0. The van der Waals surface area contributed by atoms with Crippen molar-refractivity contribution in [3.05, 3.63) is 94.6 Å². The number of rotatable bonds is 8. The van der Waals surface area contributed by atoms with Crippen LogP contribution in [0.4, 0.5) is 0 Å². The van der Waals surface area contributed by atoms with Crippen LogP contribution in [-0.4, -0.2) is 0 Å². The van der Waals surface area contributed by atoms with Crippen molar-refractivity contribution >= 4 is 21.5 Å². The summed E-state index contributed by atoms with van der Waals surface area (Å²) in [6, 6.07) is 20.8. The number of hydrogen-bond acceptors (Lipinski definition) is 1. The molecule has 1 heterocycles. The molecule has 210 valence electrons. The Labute approximate surface area is 246 Å². The van der Waals surface area contributed by atoms with Gasteiger partial charge in [-0.3, -0.25) is 0 Å². The normalized spacial score (nSPS) is 18.7. The largest absolute Gasteiger partial charge is 0.456 e. The van der Waals surface area contributed by atoms with Crippen LogP contribution >= 0.6 is 0 Å². The topological polar surface area (TPSA) is 9.23 Å². The minimum Gasteiger partial charge on any atom is -0.456 e. The van der Waals surface area contributed by atoms with Gasteiger partial charge in [0, 0.05) is 21.9 Å². The van der Waals surface area contributed by atoms with Crippen molar-refractivity contribution in [2.45, 2.75) is 85.5 Å². The van der Waals surface area contributed by atoms with Gasteiger partial charge in [-0.1, -0.05) is 102 Å². The van der Waals surface area contributed by atoms with Crippen LogP contribution in [0.2, 0.25) is 0 Å². The highest BCUT2D eigenvalue weighted by Gasteiger charge is 2.49. The highest BCUT2D eigenvalue weighted by atomic mass is 16.5. The molecule has 1 aliphatic heterocycles. The van der Waals surface area contributed by atoms with Crippen LogP contribution in [-0.2, 0) is 11.8 Å². The molecule has 1 nitrogen and oxygen atoms in total. The second-order valence-corrected chi connectivity index (χ2v) is 13.2. The number of ether oxygens (including phenoxy) is 1. The highest BCUT2D eigenvalue weighted by molar-refractivity contribution is 6.13. The highest BCUT2D eigenvalue weighted by Crippen LogP contribution is 2.64. The molecule has 0 amide bonds. The van der Waals surface area contributed by atoms with Gasteiger partial charge in [0.25, 0.3) is 0 Å². The second-order valence-electron chi connectivity index (χ2n) is 13.2. The summed E-state index contributed by atoms with van der Waals surface area (Å²) in [4.78, 5) is 0. The molecule has 1 unspecified atom stereocenters. The van der Waals surface area contributed by atoms with E-state index < -0.39 is 0 Å². The quantitative estimate of drug-likeness (QED) is 0.190. The van der Waals surface area contributed by atoms with Crippen molar-refractivity contribution in [2.24, 2.45) is 17.8 Å². The zero-order valence-electron chi connectivity index (χ0n) is 25.7. The molecule has 0 aromatic heterocycles. The lowest BCUT2D eigenvalue weighted by molar-refractivity contribution is 0.484. The molecule has 4 aromatic rings. The standard InChI is InChI=1S/C40H44O/c1-7-25(8-2)29-20-30(26(9-3)10-4)23-40(22-29)33-18-17-27-13-12-16-34-36(27)37(33)38-35(41-34)21-32-28(19-24(5)6)14-11-15-31(32)39(38)40/h11-18,20-22,24-26H,7-10,19,23H2,1-6H3. The van der Waals surface area contributed by atoms with E-state index in [1.54, 1.807) is 11.1 Å². The van der Waals surface area contributed by atoms with Crippen molar-refractivity contribution in [3.63, 3.8) is 0 Å². The minimum atomic E-state index is -0.186. The average Bonchev–Trinajstić information content (AvgIpc) is 3.24. The average molecular weight is 541 g/mol. The fourth-order valence-corrected chi connectivity index (χ4v) is 8.56. The van der Waals surface area contributed by atoms with E-state index in [0.717, 1.165) is 24.3 Å². The van der Waals surface area contributed by atoms with E-state index in [4.69, 9.17) is 4.74 Å². The molecule has 1 spiro atoms. The Bertz CT molecular complexity index is 1740. The molecule has 4 aromatic carbocycles. The summed E-state index contributed by atoms with van der Waals surface area (Å²) in [5.74, 6) is 3.83. The Morgan fingerprint density at radius 2 is 1.54 bits per heavy atom. The number of allylic oxidation sites excluding steroid dienone is 4. The van der Waals surface area contributed by atoms with Gasteiger partial charge in [0.05, 0.1) is 0 Å². The van der Waals surface area contributed by atoms with Crippen LogP contribution in [0.5, 0.6) is 11.5 Å².